The highest BCUT2D eigenvalue weighted by Gasteiger charge is 2.18. The summed E-state index contributed by atoms with van der Waals surface area (Å²) >= 11 is 0. The molecule has 1 heterocycles. The Balaban J connectivity index is 1.86. The molecule has 20 heavy (non-hydrogen) atoms. The third-order valence-electron chi connectivity index (χ3n) is 4.34. The highest BCUT2D eigenvalue weighted by Crippen LogP contribution is 2.27. The van der Waals surface area contributed by atoms with Gasteiger partial charge in [0.25, 0.3) is 0 Å². The van der Waals surface area contributed by atoms with Crippen molar-refractivity contribution in [1.29, 1.82) is 0 Å². The summed E-state index contributed by atoms with van der Waals surface area (Å²) in [6.07, 6.45) is 3.70. The van der Waals surface area contributed by atoms with Crippen molar-refractivity contribution in [2.24, 2.45) is 0 Å². The van der Waals surface area contributed by atoms with Gasteiger partial charge < -0.3 is 10.6 Å². The molecule has 1 saturated heterocycles. The van der Waals surface area contributed by atoms with E-state index in [4.69, 9.17) is 0 Å². The molecule has 0 bridgehead atoms. The second kappa shape index (κ2) is 6.38. The van der Waals surface area contributed by atoms with E-state index in [9.17, 15) is 0 Å². The number of hydrogen-bond acceptors (Lipinski definition) is 2. The smallest absolute Gasteiger partial charge is 0.0326 e. The van der Waals surface area contributed by atoms with Crippen LogP contribution in [-0.2, 0) is 0 Å². The van der Waals surface area contributed by atoms with Crippen LogP contribution in [0.5, 0.6) is 0 Å². The van der Waals surface area contributed by atoms with Crippen LogP contribution in [0.2, 0.25) is 0 Å². The van der Waals surface area contributed by atoms with Gasteiger partial charge in [-0.05, 0) is 42.1 Å². The normalized spacial score (nSPS) is 20.9. The van der Waals surface area contributed by atoms with Gasteiger partial charge in [0.2, 0.25) is 0 Å². The van der Waals surface area contributed by atoms with Crippen molar-refractivity contribution in [3.8, 4) is 0 Å². The topological polar surface area (TPSA) is 24.1 Å². The van der Waals surface area contributed by atoms with Crippen LogP contribution in [0.3, 0.4) is 0 Å². The number of piperidine rings is 1. The van der Waals surface area contributed by atoms with Crippen molar-refractivity contribution in [2.45, 2.75) is 38.3 Å². The molecule has 2 heteroatoms. The Labute approximate surface area is 121 Å². The molecule has 0 spiro atoms. The molecule has 2 atom stereocenters. The zero-order valence-electron chi connectivity index (χ0n) is 12.2. The summed E-state index contributed by atoms with van der Waals surface area (Å²) in [5, 5.41) is 10.1. The summed E-state index contributed by atoms with van der Waals surface area (Å²) in [5.41, 5.74) is 1.44. The Morgan fingerprint density at radius 3 is 2.85 bits per heavy atom. The van der Waals surface area contributed by atoms with E-state index in [2.05, 4.69) is 60.0 Å². The standard InChI is InChI=1S/C18H24N2/c1-2-18(20-15-9-6-12-19-13-15)17-11-5-8-14-7-3-4-10-16(14)17/h3-5,7-8,10-11,15,18-20H,2,6,9,12-13H2,1H3/t15-,18-/m1/s1. The summed E-state index contributed by atoms with van der Waals surface area (Å²) in [6.45, 7) is 4.54. The minimum atomic E-state index is 0.450. The maximum absolute atomic E-state index is 3.85. The zero-order chi connectivity index (χ0) is 13.8. The first-order chi connectivity index (χ1) is 9.88. The Kier molecular flexibility index (Phi) is 4.34. The third-order valence-corrected chi connectivity index (χ3v) is 4.34. The van der Waals surface area contributed by atoms with Gasteiger partial charge in [-0.25, -0.2) is 0 Å². The third kappa shape index (κ3) is 2.87. The lowest BCUT2D eigenvalue weighted by molar-refractivity contribution is 0.349. The van der Waals surface area contributed by atoms with Gasteiger partial charge in [-0.15, -0.1) is 0 Å². The van der Waals surface area contributed by atoms with Crippen molar-refractivity contribution in [2.75, 3.05) is 13.1 Å². The van der Waals surface area contributed by atoms with Gasteiger partial charge in [0, 0.05) is 18.6 Å². The molecule has 0 aromatic heterocycles. The highest BCUT2D eigenvalue weighted by molar-refractivity contribution is 5.86. The van der Waals surface area contributed by atoms with Crippen LogP contribution in [-0.4, -0.2) is 19.1 Å². The molecule has 106 valence electrons. The zero-order valence-corrected chi connectivity index (χ0v) is 12.2. The Morgan fingerprint density at radius 1 is 1.20 bits per heavy atom. The molecule has 2 aromatic rings. The molecule has 2 nitrogen and oxygen atoms in total. The van der Waals surface area contributed by atoms with Gasteiger partial charge in [0.05, 0.1) is 0 Å². The molecule has 2 N–H and O–H groups in total. The van der Waals surface area contributed by atoms with Crippen LogP contribution in [0.4, 0.5) is 0 Å². The van der Waals surface area contributed by atoms with Crippen LogP contribution >= 0.6 is 0 Å². The predicted molar refractivity (Wildman–Crippen MR) is 86.0 cm³/mol. The van der Waals surface area contributed by atoms with Crippen molar-refractivity contribution in [3.05, 3.63) is 48.0 Å². The second-order valence-electron chi connectivity index (χ2n) is 5.74. The molecule has 1 aliphatic heterocycles. The maximum Gasteiger partial charge on any atom is 0.0326 e. The molecule has 0 saturated carbocycles. The highest BCUT2D eigenvalue weighted by atomic mass is 15.0. The molecule has 1 aliphatic rings. The molecular weight excluding hydrogens is 244 g/mol. The van der Waals surface area contributed by atoms with Crippen LogP contribution in [0.25, 0.3) is 10.8 Å². The average molecular weight is 268 g/mol. The van der Waals surface area contributed by atoms with E-state index in [0.717, 1.165) is 13.0 Å². The van der Waals surface area contributed by atoms with Crippen molar-refractivity contribution in [3.63, 3.8) is 0 Å². The molecule has 3 rings (SSSR count). The number of hydrogen-bond donors (Lipinski definition) is 2. The Morgan fingerprint density at radius 2 is 2.05 bits per heavy atom. The first kappa shape index (κ1) is 13.6. The molecule has 1 fully saturated rings. The van der Waals surface area contributed by atoms with E-state index in [1.165, 1.54) is 35.7 Å². The SMILES string of the molecule is CC[C@@H](N[C@@H]1CCCNC1)c1cccc2ccccc12. The number of benzene rings is 2. The molecule has 2 aromatic carbocycles. The van der Waals surface area contributed by atoms with Crippen LogP contribution in [0, 0.1) is 0 Å². The monoisotopic (exact) mass is 268 g/mol. The van der Waals surface area contributed by atoms with E-state index in [1.54, 1.807) is 0 Å². The van der Waals surface area contributed by atoms with Gasteiger partial charge in [0.1, 0.15) is 0 Å². The maximum atomic E-state index is 3.85. The number of fused-ring (bicyclic) bond motifs is 1. The molecule has 0 radical (unpaired) electrons. The van der Waals surface area contributed by atoms with Crippen LogP contribution < -0.4 is 10.6 Å². The molecular formula is C18H24N2. The molecule has 0 unspecified atom stereocenters. The molecule has 0 amide bonds. The second-order valence-corrected chi connectivity index (χ2v) is 5.74. The van der Waals surface area contributed by atoms with Gasteiger partial charge in [0.15, 0.2) is 0 Å². The fourth-order valence-corrected chi connectivity index (χ4v) is 3.26. The van der Waals surface area contributed by atoms with E-state index in [0.29, 0.717) is 12.1 Å². The summed E-state index contributed by atoms with van der Waals surface area (Å²) in [7, 11) is 0. The molecule has 0 aliphatic carbocycles. The van der Waals surface area contributed by atoms with Crippen molar-refractivity contribution >= 4 is 10.8 Å². The van der Waals surface area contributed by atoms with E-state index >= 15 is 0 Å². The first-order valence-electron chi connectivity index (χ1n) is 7.83. The summed E-state index contributed by atoms with van der Waals surface area (Å²) in [6, 6.07) is 16.4. The van der Waals surface area contributed by atoms with Gasteiger partial charge in [-0.1, -0.05) is 49.4 Å². The van der Waals surface area contributed by atoms with Gasteiger partial charge in [-0.2, -0.15) is 0 Å². The lowest BCUT2D eigenvalue weighted by Gasteiger charge is -2.29. The summed E-state index contributed by atoms with van der Waals surface area (Å²) in [4.78, 5) is 0. The largest absolute Gasteiger partial charge is 0.315 e. The number of nitrogens with one attached hydrogen (secondary N) is 2. The lowest BCUT2D eigenvalue weighted by atomic mass is 9.95. The van der Waals surface area contributed by atoms with Crippen molar-refractivity contribution < 1.29 is 0 Å². The summed E-state index contributed by atoms with van der Waals surface area (Å²) < 4.78 is 0. The van der Waals surface area contributed by atoms with E-state index in [1.807, 2.05) is 0 Å². The Hall–Kier alpha value is -1.38. The van der Waals surface area contributed by atoms with Gasteiger partial charge in [-0.3, -0.25) is 0 Å². The first-order valence-corrected chi connectivity index (χ1v) is 7.83. The van der Waals surface area contributed by atoms with Gasteiger partial charge >= 0.3 is 0 Å². The Bertz CT molecular complexity index is 553. The number of rotatable bonds is 4. The van der Waals surface area contributed by atoms with Crippen LogP contribution in [0.1, 0.15) is 37.8 Å². The quantitative estimate of drug-likeness (QED) is 0.884. The fraction of sp³-hybridized carbons (Fsp3) is 0.444. The van der Waals surface area contributed by atoms with E-state index in [-0.39, 0.29) is 0 Å². The fourth-order valence-electron chi connectivity index (χ4n) is 3.26. The summed E-state index contributed by atoms with van der Waals surface area (Å²) in [5.74, 6) is 0. The van der Waals surface area contributed by atoms with Crippen LogP contribution in [0.15, 0.2) is 42.5 Å². The minimum Gasteiger partial charge on any atom is -0.315 e. The van der Waals surface area contributed by atoms with E-state index < -0.39 is 0 Å². The average Bonchev–Trinajstić information content (AvgIpc) is 2.53. The van der Waals surface area contributed by atoms with Crippen molar-refractivity contribution in [1.82, 2.24) is 10.6 Å². The lowest BCUT2D eigenvalue weighted by Crippen LogP contribution is -2.44. The predicted octanol–water partition coefficient (Wildman–Crippen LogP) is 3.63. The minimum absolute atomic E-state index is 0.450.